The van der Waals surface area contributed by atoms with Gasteiger partial charge in [0.15, 0.2) is 5.69 Å². The highest BCUT2D eigenvalue weighted by Gasteiger charge is 2.43. The summed E-state index contributed by atoms with van der Waals surface area (Å²) in [5.74, 6) is -1.30. The second-order valence-corrected chi connectivity index (χ2v) is 12.5. The molecule has 3 heterocycles. The van der Waals surface area contributed by atoms with Crippen LogP contribution in [0.1, 0.15) is 53.0 Å². The molecular weight excluding hydrogens is 661 g/mol. The van der Waals surface area contributed by atoms with Gasteiger partial charge in [-0.05, 0) is 62.4 Å². The summed E-state index contributed by atoms with van der Waals surface area (Å²) in [6.07, 6.45) is 2.74. The van der Waals surface area contributed by atoms with E-state index in [2.05, 4.69) is 20.3 Å². The second-order valence-electron chi connectivity index (χ2n) is 12.1. The number of aromatic amines is 1. The van der Waals surface area contributed by atoms with Gasteiger partial charge in [-0.1, -0.05) is 41.9 Å². The number of H-pyrrole nitrogens is 1. The summed E-state index contributed by atoms with van der Waals surface area (Å²) in [7, 11) is 0. The quantitative estimate of drug-likeness (QED) is 0.225. The first kappa shape index (κ1) is 33.7. The smallest absolute Gasteiger partial charge is 0.416 e. The van der Waals surface area contributed by atoms with Crippen molar-refractivity contribution < 1.29 is 27.9 Å². The average molecular weight is 693 g/mol. The minimum atomic E-state index is -4.61. The molecule has 0 radical (unpaired) electrons. The van der Waals surface area contributed by atoms with E-state index in [9.17, 15) is 32.7 Å². The van der Waals surface area contributed by atoms with Gasteiger partial charge in [-0.2, -0.15) is 13.2 Å². The molecule has 0 atom stereocenters. The molecule has 4 aromatic rings. The maximum Gasteiger partial charge on any atom is 0.416 e. The summed E-state index contributed by atoms with van der Waals surface area (Å²) < 4.78 is 40.8. The van der Waals surface area contributed by atoms with Crippen molar-refractivity contribution in [2.45, 2.75) is 50.2 Å². The van der Waals surface area contributed by atoms with Crippen molar-refractivity contribution in [3.63, 3.8) is 0 Å². The standard InChI is InChI=1S/C35H32ClF3N6O4/c36-24-18-23(35(37,38)39)10-11-25(24)43-29(47)20-45-19-27(22-6-2-1-3-7-22)42-21-41-26-8-4-12-34(30(26)32(45)48)13-16-44(17-14-34)33(49)31-28(46)9-5-15-40-31/h1-3,5-7,9-11,15,18-19,21,46H,4,8,12-14,16-17,20H2,(H,41,42)(H,43,47). The fourth-order valence-electron chi connectivity index (χ4n) is 6.60. The van der Waals surface area contributed by atoms with E-state index in [1.165, 1.54) is 35.4 Å². The maximum atomic E-state index is 14.7. The molecule has 2 aliphatic rings. The topological polar surface area (TPSA) is 133 Å². The molecule has 2 aromatic heterocycles. The van der Waals surface area contributed by atoms with E-state index < -0.39 is 41.1 Å². The number of nitrogens with zero attached hydrogens (tertiary/aromatic N) is 4. The molecule has 10 nitrogen and oxygen atoms in total. The van der Waals surface area contributed by atoms with E-state index in [1.54, 1.807) is 4.90 Å². The first-order valence-corrected chi connectivity index (χ1v) is 16.0. The van der Waals surface area contributed by atoms with Gasteiger partial charge in [0.05, 0.1) is 28.3 Å². The number of aryl methyl sites for hydroxylation is 1. The Balaban J connectivity index is 1.39. The number of pyridine rings is 1. The number of alkyl halides is 3. The SMILES string of the molecule is O=C(Cn1cc(-c2ccccc2)nc[nH]c2c(c1=O)C1(CCC2)CCN(C(=O)c2ncccc2O)CC1)Nc1ccc(C(F)(F)F)cc1Cl. The molecule has 1 aliphatic heterocycles. The van der Waals surface area contributed by atoms with Gasteiger partial charge in [-0.3, -0.25) is 14.4 Å². The lowest BCUT2D eigenvalue weighted by molar-refractivity contribution is -0.137. The van der Waals surface area contributed by atoms with Crippen LogP contribution < -0.4 is 10.9 Å². The summed E-state index contributed by atoms with van der Waals surface area (Å²) >= 11 is 6.11. The highest BCUT2D eigenvalue weighted by molar-refractivity contribution is 6.33. The van der Waals surface area contributed by atoms with Gasteiger partial charge >= 0.3 is 6.18 Å². The number of halogens is 4. The van der Waals surface area contributed by atoms with Crippen LogP contribution in [0.4, 0.5) is 18.9 Å². The molecule has 1 saturated heterocycles. The minimum absolute atomic E-state index is 0.0339. The van der Waals surface area contributed by atoms with E-state index in [-0.39, 0.29) is 22.2 Å². The molecule has 6 rings (SSSR count). The minimum Gasteiger partial charge on any atom is -0.505 e. The van der Waals surface area contributed by atoms with Crippen LogP contribution in [-0.4, -0.2) is 54.4 Å². The molecule has 2 aromatic carbocycles. The molecule has 0 unspecified atom stereocenters. The van der Waals surface area contributed by atoms with Crippen LogP contribution in [0.2, 0.25) is 5.02 Å². The number of carbonyl (C=O) groups is 2. The molecule has 2 amide bonds. The molecular formula is C35H32ClF3N6O4. The zero-order chi connectivity index (χ0) is 34.8. The highest BCUT2D eigenvalue weighted by Crippen LogP contribution is 2.43. The van der Waals surface area contributed by atoms with Gasteiger partial charge in [-0.25, -0.2) is 9.97 Å². The van der Waals surface area contributed by atoms with Crippen LogP contribution in [-0.2, 0) is 29.4 Å². The Kier molecular flexibility index (Phi) is 9.46. The number of fused-ring (bicyclic) bond motifs is 2. The Morgan fingerprint density at radius 2 is 1.78 bits per heavy atom. The number of carbonyl (C=O) groups excluding carboxylic acids is 2. The Morgan fingerprint density at radius 1 is 1.02 bits per heavy atom. The summed E-state index contributed by atoms with van der Waals surface area (Å²) in [6, 6.07) is 14.6. The van der Waals surface area contributed by atoms with Crippen LogP contribution in [0, 0.1) is 0 Å². The lowest BCUT2D eigenvalue weighted by atomic mass is 9.66. The Hall–Kier alpha value is -5.17. The number of aromatic hydroxyl groups is 1. The Morgan fingerprint density at radius 3 is 2.47 bits per heavy atom. The van der Waals surface area contributed by atoms with Gasteiger partial charge in [0.2, 0.25) is 5.91 Å². The van der Waals surface area contributed by atoms with Crippen LogP contribution in [0.3, 0.4) is 0 Å². The van der Waals surface area contributed by atoms with Crippen molar-refractivity contribution >= 4 is 29.1 Å². The van der Waals surface area contributed by atoms with Gasteiger partial charge in [0.25, 0.3) is 11.5 Å². The van der Waals surface area contributed by atoms with E-state index in [0.29, 0.717) is 61.3 Å². The number of hydrogen-bond acceptors (Lipinski definition) is 6. The molecule has 0 bridgehead atoms. The number of likely N-dealkylation sites (tertiary alicyclic amines) is 1. The van der Waals surface area contributed by atoms with Gasteiger partial charge in [0.1, 0.15) is 12.3 Å². The predicted molar refractivity (Wildman–Crippen MR) is 177 cm³/mol. The number of rotatable bonds is 5. The third-order valence-electron chi connectivity index (χ3n) is 9.06. The Bertz CT molecular complexity index is 2000. The van der Waals surface area contributed by atoms with Crippen molar-refractivity contribution in [3.8, 4) is 17.0 Å². The molecule has 14 heteroatoms. The van der Waals surface area contributed by atoms with Crippen molar-refractivity contribution in [2.24, 2.45) is 0 Å². The first-order chi connectivity index (χ1) is 23.4. The normalized spacial score (nSPS) is 15.3. The van der Waals surface area contributed by atoms with Crippen LogP contribution in [0.25, 0.3) is 11.3 Å². The average Bonchev–Trinajstić information content (AvgIpc) is 3.14. The number of anilines is 1. The number of amides is 2. The zero-order valence-electron chi connectivity index (χ0n) is 26.1. The monoisotopic (exact) mass is 692 g/mol. The molecule has 0 saturated carbocycles. The van der Waals surface area contributed by atoms with Gasteiger partial charge in [-0.15, -0.1) is 0 Å². The van der Waals surface area contributed by atoms with E-state index in [0.717, 1.165) is 24.6 Å². The van der Waals surface area contributed by atoms with Gasteiger partial charge in [0, 0.05) is 47.7 Å². The molecule has 1 aliphatic carbocycles. The molecule has 1 spiro atoms. The van der Waals surface area contributed by atoms with Crippen LogP contribution >= 0.6 is 11.6 Å². The number of nitrogens with one attached hydrogen (secondary N) is 2. The number of aromatic nitrogens is 4. The van der Waals surface area contributed by atoms with Crippen molar-refractivity contribution in [1.29, 1.82) is 0 Å². The Labute approximate surface area is 283 Å². The van der Waals surface area contributed by atoms with Gasteiger partial charge < -0.3 is 24.9 Å². The second kappa shape index (κ2) is 13.7. The van der Waals surface area contributed by atoms with Crippen LogP contribution in [0.5, 0.6) is 5.75 Å². The van der Waals surface area contributed by atoms with Crippen molar-refractivity contribution in [2.75, 3.05) is 18.4 Å². The summed E-state index contributed by atoms with van der Waals surface area (Å²) in [6.45, 7) is 0.133. The maximum absolute atomic E-state index is 14.7. The lowest BCUT2D eigenvalue weighted by Gasteiger charge is -2.44. The third kappa shape index (κ3) is 7.16. The number of piperidine rings is 1. The van der Waals surface area contributed by atoms with Crippen molar-refractivity contribution in [3.05, 3.63) is 117 Å². The predicted octanol–water partition coefficient (Wildman–Crippen LogP) is 6.28. The lowest BCUT2D eigenvalue weighted by Crippen LogP contribution is -2.49. The fraction of sp³-hybridized carbons (Fsp3) is 0.286. The third-order valence-corrected chi connectivity index (χ3v) is 9.37. The fourth-order valence-corrected chi connectivity index (χ4v) is 6.83. The summed E-state index contributed by atoms with van der Waals surface area (Å²) in [5, 5.41) is 12.4. The highest BCUT2D eigenvalue weighted by atomic mass is 35.5. The van der Waals surface area contributed by atoms with E-state index in [4.69, 9.17) is 11.6 Å². The van der Waals surface area contributed by atoms with E-state index >= 15 is 0 Å². The molecule has 49 heavy (non-hydrogen) atoms. The van der Waals surface area contributed by atoms with E-state index in [1.807, 2.05) is 30.3 Å². The number of benzene rings is 2. The largest absolute Gasteiger partial charge is 0.505 e. The molecule has 1 fully saturated rings. The van der Waals surface area contributed by atoms with Crippen LogP contribution in [0.15, 0.2) is 84.2 Å². The number of hydrogen-bond donors (Lipinski definition) is 3. The first-order valence-electron chi connectivity index (χ1n) is 15.7. The molecule has 254 valence electrons. The van der Waals surface area contributed by atoms with Crippen molar-refractivity contribution in [1.82, 2.24) is 24.4 Å². The summed E-state index contributed by atoms with van der Waals surface area (Å²) in [4.78, 5) is 54.9. The zero-order valence-corrected chi connectivity index (χ0v) is 26.9. The summed E-state index contributed by atoms with van der Waals surface area (Å²) in [5.41, 5.74) is 0.135. The molecule has 3 N–H and O–H groups in total.